The Hall–Kier alpha value is -1.51. The summed E-state index contributed by atoms with van der Waals surface area (Å²) in [5.41, 5.74) is 1.81. The van der Waals surface area contributed by atoms with Crippen LogP contribution in [0.25, 0.3) is 0 Å². The number of methoxy groups -OCH3 is 1. The zero-order chi connectivity index (χ0) is 11.5. The maximum absolute atomic E-state index is 11.3. The molecule has 2 rings (SSSR count). The molecule has 1 aliphatic rings. The number of anilines is 1. The first-order chi connectivity index (χ1) is 7.72. The van der Waals surface area contributed by atoms with Gasteiger partial charge in [-0.15, -0.1) is 0 Å². The van der Waals surface area contributed by atoms with Crippen LogP contribution in [0.4, 0.5) is 5.69 Å². The monoisotopic (exact) mass is 219 g/mol. The van der Waals surface area contributed by atoms with E-state index in [1.807, 2.05) is 18.2 Å². The number of hydrogen-bond donors (Lipinski definition) is 0. The van der Waals surface area contributed by atoms with E-state index in [1.165, 1.54) is 12.8 Å². The topological polar surface area (TPSA) is 29.5 Å². The number of rotatable bonds is 3. The second kappa shape index (κ2) is 4.56. The number of carbonyl (C=O) groups excluding carboxylic acids is 1. The molecule has 0 amide bonds. The van der Waals surface area contributed by atoms with E-state index in [2.05, 4.69) is 4.90 Å². The van der Waals surface area contributed by atoms with Gasteiger partial charge in [-0.05, 0) is 38.0 Å². The largest absolute Gasteiger partial charge is 0.495 e. The average molecular weight is 219 g/mol. The Morgan fingerprint density at radius 3 is 2.56 bits per heavy atom. The van der Waals surface area contributed by atoms with Gasteiger partial charge >= 0.3 is 0 Å². The Morgan fingerprint density at radius 1 is 1.31 bits per heavy atom. The van der Waals surface area contributed by atoms with Crippen molar-refractivity contribution in [3.05, 3.63) is 23.8 Å². The fourth-order valence-corrected chi connectivity index (χ4v) is 2.12. The lowest BCUT2D eigenvalue weighted by atomic mass is 10.1. The first-order valence-electron chi connectivity index (χ1n) is 5.66. The molecule has 16 heavy (non-hydrogen) atoms. The number of ketones is 1. The lowest BCUT2D eigenvalue weighted by Gasteiger charge is -2.20. The van der Waals surface area contributed by atoms with E-state index in [1.54, 1.807) is 14.0 Å². The van der Waals surface area contributed by atoms with Crippen LogP contribution in [-0.4, -0.2) is 26.0 Å². The molecule has 1 heterocycles. The van der Waals surface area contributed by atoms with Gasteiger partial charge in [-0.2, -0.15) is 0 Å². The molecule has 1 saturated heterocycles. The van der Waals surface area contributed by atoms with E-state index in [4.69, 9.17) is 4.74 Å². The Labute approximate surface area is 96.0 Å². The third-order valence-electron chi connectivity index (χ3n) is 3.03. The minimum Gasteiger partial charge on any atom is -0.495 e. The van der Waals surface area contributed by atoms with E-state index in [0.29, 0.717) is 5.56 Å². The van der Waals surface area contributed by atoms with Crippen LogP contribution < -0.4 is 9.64 Å². The molecule has 1 fully saturated rings. The van der Waals surface area contributed by atoms with E-state index >= 15 is 0 Å². The number of Topliss-reactive ketones (excluding diaryl/α,β-unsaturated/α-hetero) is 1. The molecule has 86 valence electrons. The van der Waals surface area contributed by atoms with Crippen LogP contribution in [0.15, 0.2) is 18.2 Å². The fourth-order valence-electron chi connectivity index (χ4n) is 2.12. The van der Waals surface area contributed by atoms with Gasteiger partial charge < -0.3 is 9.64 Å². The molecule has 0 unspecified atom stereocenters. The summed E-state index contributed by atoms with van der Waals surface area (Å²) in [7, 11) is 1.65. The summed E-state index contributed by atoms with van der Waals surface area (Å²) in [5, 5.41) is 0. The zero-order valence-electron chi connectivity index (χ0n) is 9.82. The van der Waals surface area contributed by atoms with Gasteiger partial charge in [0, 0.05) is 18.7 Å². The van der Waals surface area contributed by atoms with Gasteiger partial charge in [0.05, 0.1) is 12.8 Å². The van der Waals surface area contributed by atoms with Crippen LogP contribution >= 0.6 is 0 Å². The molecule has 3 heteroatoms. The molecule has 1 aromatic carbocycles. The molecule has 1 aliphatic heterocycles. The SMILES string of the molecule is COc1cc(C(C)=O)ccc1N1CCCC1. The summed E-state index contributed by atoms with van der Waals surface area (Å²) in [6.07, 6.45) is 2.47. The van der Waals surface area contributed by atoms with Crippen molar-refractivity contribution in [1.29, 1.82) is 0 Å². The molecule has 0 spiro atoms. The molecule has 0 aliphatic carbocycles. The van der Waals surface area contributed by atoms with Crippen LogP contribution in [0.2, 0.25) is 0 Å². The minimum atomic E-state index is 0.0753. The Kier molecular flexibility index (Phi) is 3.13. The highest BCUT2D eigenvalue weighted by atomic mass is 16.5. The highest BCUT2D eigenvalue weighted by Gasteiger charge is 2.17. The van der Waals surface area contributed by atoms with E-state index in [-0.39, 0.29) is 5.78 Å². The van der Waals surface area contributed by atoms with E-state index in [9.17, 15) is 4.79 Å². The molecule has 0 bridgehead atoms. The normalized spacial score (nSPS) is 15.2. The maximum atomic E-state index is 11.3. The molecule has 0 atom stereocenters. The molecule has 0 N–H and O–H groups in total. The molecule has 3 nitrogen and oxygen atoms in total. The predicted molar refractivity (Wildman–Crippen MR) is 64.4 cm³/mol. The van der Waals surface area contributed by atoms with Crippen molar-refractivity contribution in [3.8, 4) is 5.75 Å². The first-order valence-corrected chi connectivity index (χ1v) is 5.66. The van der Waals surface area contributed by atoms with Gasteiger partial charge in [-0.1, -0.05) is 0 Å². The van der Waals surface area contributed by atoms with Crippen molar-refractivity contribution in [2.45, 2.75) is 19.8 Å². The molecule has 0 aromatic heterocycles. The molecule has 0 saturated carbocycles. The van der Waals surface area contributed by atoms with Gasteiger partial charge in [-0.3, -0.25) is 4.79 Å². The van der Waals surface area contributed by atoms with E-state index in [0.717, 1.165) is 24.5 Å². The number of benzene rings is 1. The minimum absolute atomic E-state index is 0.0753. The highest BCUT2D eigenvalue weighted by molar-refractivity contribution is 5.95. The second-order valence-corrected chi connectivity index (χ2v) is 4.14. The summed E-state index contributed by atoms with van der Waals surface area (Å²) in [4.78, 5) is 13.6. The Balaban J connectivity index is 2.34. The zero-order valence-corrected chi connectivity index (χ0v) is 9.82. The molecule has 0 radical (unpaired) electrons. The maximum Gasteiger partial charge on any atom is 0.159 e. The van der Waals surface area contributed by atoms with Crippen molar-refractivity contribution >= 4 is 11.5 Å². The molecular formula is C13H17NO2. The van der Waals surface area contributed by atoms with Crippen LogP contribution in [-0.2, 0) is 0 Å². The number of nitrogens with zero attached hydrogens (tertiary/aromatic N) is 1. The lowest BCUT2D eigenvalue weighted by molar-refractivity contribution is 0.101. The van der Waals surface area contributed by atoms with Crippen LogP contribution in [0.1, 0.15) is 30.1 Å². The number of hydrogen-bond acceptors (Lipinski definition) is 3. The van der Waals surface area contributed by atoms with Crippen molar-refractivity contribution in [1.82, 2.24) is 0 Å². The Morgan fingerprint density at radius 2 is 2.00 bits per heavy atom. The summed E-state index contributed by atoms with van der Waals surface area (Å²) in [6, 6.07) is 5.69. The Bertz CT molecular complexity index is 395. The smallest absolute Gasteiger partial charge is 0.159 e. The summed E-state index contributed by atoms with van der Waals surface area (Å²) in [6.45, 7) is 3.73. The van der Waals surface area contributed by atoms with Crippen molar-refractivity contribution in [2.75, 3.05) is 25.1 Å². The second-order valence-electron chi connectivity index (χ2n) is 4.14. The van der Waals surface area contributed by atoms with Crippen molar-refractivity contribution in [3.63, 3.8) is 0 Å². The summed E-state index contributed by atoms with van der Waals surface area (Å²) < 4.78 is 5.35. The van der Waals surface area contributed by atoms with Crippen LogP contribution in [0, 0.1) is 0 Å². The number of ether oxygens (including phenoxy) is 1. The third kappa shape index (κ3) is 2.03. The van der Waals surface area contributed by atoms with Gasteiger partial charge in [0.25, 0.3) is 0 Å². The fraction of sp³-hybridized carbons (Fsp3) is 0.462. The van der Waals surface area contributed by atoms with Crippen molar-refractivity contribution < 1.29 is 9.53 Å². The first kappa shape index (κ1) is 11.0. The summed E-state index contributed by atoms with van der Waals surface area (Å²) >= 11 is 0. The molecule has 1 aromatic rings. The number of carbonyl (C=O) groups is 1. The van der Waals surface area contributed by atoms with E-state index < -0.39 is 0 Å². The van der Waals surface area contributed by atoms with Gasteiger partial charge in [-0.25, -0.2) is 0 Å². The van der Waals surface area contributed by atoms with Crippen molar-refractivity contribution in [2.24, 2.45) is 0 Å². The van der Waals surface area contributed by atoms with Crippen LogP contribution in [0.5, 0.6) is 5.75 Å². The van der Waals surface area contributed by atoms with Gasteiger partial charge in [0.1, 0.15) is 5.75 Å². The van der Waals surface area contributed by atoms with Crippen LogP contribution in [0.3, 0.4) is 0 Å². The van der Waals surface area contributed by atoms with Gasteiger partial charge in [0.15, 0.2) is 5.78 Å². The highest BCUT2D eigenvalue weighted by Crippen LogP contribution is 2.31. The predicted octanol–water partition coefficient (Wildman–Crippen LogP) is 2.50. The van der Waals surface area contributed by atoms with Gasteiger partial charge in [0.2, 0.25) is 0 Å². The molecular weight excluding hydrogens is 202 g/mol. The third-order valence-corrected chi connectivity index (χ3v) is 3.03. The average Bonchev–Trinajstić information content (AvgIpc) is 2.81. The lowest BCUT2D eigenvalue weighted by Crippen LogP contribution is -2.18. The summed E-state index contributed by atoms with van der Waals surface area (Å²) in [5.74, 6) is 0.876. The quantitative estimate of drug-likeness (QED) is 0.731. The standard InChI is InChI=1S/C13H17NO2/c1-10(15)11-5-6-12(13(9-11)16-2)14-7-3-4-8-14/h5-6,9H,3-4,7-8H2,1-2H3.